The van der Waals surface area contributed by atoms with Gasteiger partial charge in [-0.1, -0.05) is 0 Å². The van der Waals surface area contributed by atoms with Crippen molar-refractivity contribution in [2.75, 3.05) is 18.4 Å². The standard InChI is InChI=1S/C11H20N4O2/c1-11(2,3)17-10(16)13-6-4-5-12-9-7-14-15-8-9/h7-8,12H,4-6H2,1-3H3,(H,13,16)(H,14,15). The third-order valence-electron chi connectivity index (χ3n) is 1.85. The fourth-order valence-corrected chi connectivity index (χ4v) is 1.17. The first kappa shape index (κ1) is 13.3. The SMILES string of the molecule is CC(C)(C)OC(=O)NCCCNc1cn[nH]c1. The highest BCUT2D eigenvalue weighted by atomic mass is 16.6. The summed E-state index contributed by atoms with van der Waals surface area (Å²) in [7, 11) is 0. The van der Waals surface area contributed by atoms with Crippen LogP contribution in [0.2, 0.25) is 0 Å². The van der Waals surface area contributed by atoms with Crippen molar-refractivity contribution in [3.63, 3.8) is 0 Å². The average Bonchev–Trinajstić information content (AvgIpc) is 2.67. The molecule has 0 aliphatic heterocycles. The van der Waals surface area contributed by atoms with Crippen LogP contribution >= 0.6 is 0 Å². The van der Waals surface area contributed by atoms with Gasteiger partial charge in [0.1, 0.15) is 5.60 Å². The van der Waals surface area contributed by atoms with Crippen molar-refractivity contribution in [1.82, 2.24) is 15.5 Å². The first-order valence-corrected chi connectivity index (χ1v) is 5.67. The van der Waals surface area contributed by atoms with Crippen LogP contribution in [0.25, 0.3) is 0 Å². The fourth-order valence-electron chi connectivity index (χ4n) is 1.17. The maximum Gasteiger partial charge on any atom is 0.407 e. The second kappa shape index (κ2) is 6.12. The molecular weight excluding hydrogens is 220 g/mol. The van der Waals surface area contributed by atoms with Gasteiger partial charge in [-0.05, 0) is 27.2 Å². The van der Waals surface area contributed by atoms with E-state index < -0.39 is 5.60 Å². The third-order valence-corrected chi connectivity index (χ3v) is 1.85. The van der Waals surface area contributed by atoms with Crippen LogP contribution in [-0.2, 0) is 4.74 Å². The maximum atomic E-state index is 11.3. The Labute approximate surface area is 101 Å². The summed E-state index contributed by atoms with van der Waals surface area (Å²) in [6.45, 7) is 6.88. The minimum atomic E-state index is -0.445. The second-order valence-electron chi connectivity index (χ2n) is 4.70. The van der Waals surface area contributed by atoms with E-state index >= 15 is 0 Å². The number of alkyl carbamates (subject to hydrolysis) is 1. The number of amides is 1. The number of hydrogen-bond donors (Lipinski definition) is 3. The molecule has 0 fully saturated rings. The Balaban J connectivity index is 2.02. The van der Waals surface area contributed by atoms with E-state index in [-0.39, 0.29) is 6.09 Å². The summed E-state index contributed by atoms with van der Waals surface area (Å²) in [5.41, 5.74) is 0.501. The number of hydrogen-bond acceptors (Lipinski definition) is 4. The molecule has 3 N–H and O–H groups in total. The molecule has 1 amide bonds. The van der Waals surface area contributed by atoms with Crippen LogP contribution in [0.5, 0.6) is 0 Å². The largest absolute Gasteiger partial charge is 0.444 e. The molecular formula is C11H20N4O2. The Bertz CT molecular complexity index is 330. The minimum Gasteiger partial charge on any atom is -0.444 e. The Kier molecular flexibility index (Phi) is 4.81. The number of ether oxygens (including phenoxy) is 1. The van der Waals surface area contributed by atoms with Gasteiger partial charge in [-0.25, -0.2) is 4.79 Å². The van der Waals surface area contributed by atoms with Crippen molar-refractivity contribution >= 4 is 11.8 Å². The van der Waals surface area contributed by atoms with Gasteiger partial charge in [-0.3, -0.25) is 5.10 Å². The Morgan fingerprint density at radius 3 is 2.82 bits per heavy atom. The molecule has 0 unspecified atom stereocenters. The molecule has 6 nitrogen and oxygen atoms in total. The van der Waals surface area contributed by atoms with Crippen LogP contribution in [0, 0.1) is 0 Å². The molecule has 0 atom stereocenters. The van der Waals surface area contributed by atoms with Gasteiger partial charge in [-0.2, -0.15) is 5.10 Å². The first-order chi connectivity index (χ1) is 7.97. The van der Waals surface area contributed by atoms with Crippen LogP contribution in [0.4, 0.5) is 10.5 Å². The molecule has 1 rings (SSSR count). The highest BCUT2D eigenvalue weighted by Gasteiger charge is 2.15. The summed E-state index contributed by atoms with van der Waals surface area (Å²) < 4.78 is 5.10. The first-order valence-electron chi connectivity index (χ1n) is 5.67. The number of carbonyl (C=O) groups excluding carboxylic acids is 1. The topological polar surface area (TPSA) is 79.0 Å². The van der Waals surface area contributed by atoms with Gasteiger partial charge in [0.2, 0.25) is 0 Å². The van der Waals surface area contributed by atoms with Crippen LogP contribution in [0.3, 0.4) is 0 Å². The number of aromatic amines is 1. The molecule has 96 valence electrons. The van der Waals surface area contributed by atoms with E-state index in [4.69, 9.17) is 4.74 Å². The number of anilines is 1. The summed E-state index contributed by atoms with van der Waals surface area (Å²) >= 11 is 0. The Hall–Kier alpha value is -1.72. The van der Waals surface area contributed by atoms with Crippen LogP contribution in [0.15, 0.2) is 12.4 Å². The van der Waals surface area contributed by atoms with E-state index in [2.05, 4.69) is 20.8 Å². The average molecular weight is 240 g/mol. The molecule has 0 spiro atoms. The Morgan fingerprint density at radius 2 is 2.24 bits per heavy atom. The lowest BCUT2D eigenvalue weighted by Gasteiger charge is -2.19. The van der Waals surface area contributed by atoms with Gasteiger partial charge in [0.15, 0.2) is 0 Å². The highest BCUT2D eigenvalue weighted by molar-refractivity contribution is 5.67. The monoisotopic (exact) mass is 240 g/mol. The summed E-state index contributed by atoms with van der Waals surface area (Å²) in [5.74, 6) is 0. The van der Waals surface area contributed by atoms with E-state index in [0.29, 0.717) is 6.54 Å². The van der Waals surface area contributed by atoms with E-state index in [1.54, 1.807) is 12.4 Å². The molecule has 0 bridgehead atoms. The lowest BCUT2D eigenvalue weighted by atomic mass is 10.2. The summed E-state index contributed by atoms with van der Waals surface area (Å²) in [5, 5.41) is 12.4. The van der Waals surface area contributed by atoms with Crippen molar-refractivity contribution in [2.24, 2.45) is 0 Å². The lowest BCUT2D eigenvalue weighted by molar-refractivity contribution is 0.0528. The van der Waals surface area contributed by atoms with Crippen LogP contribution < -0.4 is 10.6 Å². The molecule has 1 aromatic rings. The molecule has 0 aliphatic carbocycles. The van der Waals surface area contributed by atoms with Gasteiger partial charge in [-0.15, -0.1) is 0 Å². The van der Waals surface area contributed by atoms with Gasteiger partial charge < -0.3 is 15.4 Å². The number of carbonyl (C=O) groups is 1. The number of aromatic nitrogens is 2. The van der Waals surface area contributed by atoms with Gasteiger partial charge in [0.25, 0.3) is 0 Å². The quantitative estimate of drug-likeness (QED) is 0.685. The van der Waals surface area contributed by atoms with Crippen LogP contribution in [0.1, 0.15) is 27.2 Å². The normalized spacial score (nSPS) is 11.0. The number of rotatable bonds is 5. The zero-order chi connectivity index (χ0) is 12.7. The summed E-state index contributed by atoms with van der Waals surface area (Å²) in [4.78, 5) is 11.3. The molecule has 0 aromatic carbocycles. The van der Waals surface area contributed by atoms with Gasteiger partial charge >= 0.3 is 6.09 Å². The third kappa shape index (κ3) is 6.44. The molecule has 0 radical (unpaired) electrons. The predicted octanol–water partition coefficient (Wildman–Crippen LogP) is 1.74. The van der Waals surface area contributed by atoms with Crippen molar-refractivity contribution in [2.45, 2.75) is 32.8 Å². The highest BCUT2D eigenvalue weighted by Crippen LogP contribution is 2.06. The molecule has 0 aliphatic rings. The van der Waals surface area contributed by atoms with Crippen molar-refractivity contribution in [3.8, 4) is 0 Å². The Morgan fingerprint density at radius 1 is 1.47 bits per heavy atom. The van der Waals surface area contributed by atoms with E-state index in [9.17, 15) is 4.79 Å². The number of H-pyrrole nitrogens is 1. The summed E-state index contributed by atoms with van der Waals surface area (Å²) in [6.07, 6.45) is 3.94. The van der Waals surface area contributed by atoms with Crippen LogP contribution in [-0.4, -0.2) is 35.0 Å². The fraction of sp³-hybridized carbons (Fsp3) is 0.636. The van der Waals surface area contributed by atoms with E-state index in [0.717, 1.165) is 18.7 Å². The molecule has 0 saturated heterocycles. The molecule has 0 saturated carbocycles. The molecule has 17 heavy (non-hydrogen) atoms. The lowest BCUT2D eigenvalue weighted by Crippen LogP contribution is -2.33. The molecule has 1 aromatic heterocycles. The maximum absolute atomic E-state index is 11.3. The second-order valence-corrected chi connectivity index (χ2v) is 4.70. The molecule has 1 heterocycles. The van der Waals surface area contributed by atoms with E-state index in [1.165, 1.54) is 0 Å². The number of nitrogens with zero attached hydrogens (tertiary/aromatic N) is 1. The van der Waals surface area contributed by atoms with Crippen molar-refractivity contribution in [3.05, 3.63) is 12.4 Å². The minimum absolute atomic E-state index is 0.374. The van der Waals surface area contributed by atoms with Gasteiger partial charge in [0, 0.05) is 19.3 Å². The van der Waals surface area contributed by atoms with Crippen molar-refractivity contribution < 1.29 is 9.53 Å². The smallest absolute Gasteiger partial charge is 0.407 e. The molecule has 6 heteroatoms. The summed E-state index contributed by atoms with van der Waals surface area (Å²) in [6, 6.07) is 0. The zero-order valence-corrected chi connectivity index (χ0v) is 10.5. The van der Waals surface area contributed by atoms with Crippen molar-refractivity contribution in [1.29, 1.82) is 0 Å². The number of nitrogens with one attached hydrogen (secondary N) is 3. The zero-order valence-electron chi connectivity index (χ0n) is 10.5. The van der Waals surface area contributed by atoms with Gasteiger partial charge in [0.05, 0.1) is 11.9 Å². The van der Waals surface area contributed by atoms with E-state index in [1.807, 2.05) is 20.8 Å². The predicted molar refractivity (Wildman–Crippen MR) is 65.9 cm³/mol.